The number of hydrogen-bond donors (Lipinski definition) is 2. The van der Waals surface area contributed by atoms with E-state index < -0.39 is 6.10 Å². The van der Waals surface area contributed by atoms with Crippen molar-refractivity contribution >= 4 is 0 Å². The summed E-state index contributed by atoms with van der Waals surface area (Å²) in [7, 11) is 1.56. The number of aliphatic hydroxyl groups excluding tert-OH is 1. The third kappa shape index (κ3) is 3.17. The minimum absolute atomic E-state index is 0.0396. The van der Waals surface area contributed by atoms with Gasteiger partial charge < -0.3 is 19.7 Å². The number of benzene rings is 2. The lowest BCUT2D eigenvalue weighted by atomic mass is 10.1. The van der Waals surface area contributed by atoms with Gasteiger partial charge in [0, 0.05) is 5.56 Å². The van der Waals surface area contributed by atoms with Gasteiger partial charge in [-0.25, -0.2) is 0 Å². The summed E-state index contributed by atoms with van der Waals surface area (Å²) < 4.78 is 10.7. The number of hydrogen-bond acceptors (Lipinski definition) is 4. The van der Waals surface area contributed by atoms with Crippen LogP contribution in [0.25, 0.3) is 0 Å². The Kier molecular flexibility index (Phi) is 4.26. The van der Waals surface area contributed by atoms with Gasteiger partial charge in [0.15, 0.2) is 11.5 Å². The van der Waals surface area contributed by atoms with E-state index in [1.807, 2.05) is 12.1 Å². The van der Waals surface area contributed by atoms with Gasteiger partial charge >= 0.3 is 0 Å². The van der Waals surface area contributed by atoms with Gasteiger partial charge in [-0.15, -0.1) is 0 Å². The molecule has 2 N–H and O–H groups in total. The second-order valence-corrected chi connectivity index (χ2v) is 4.04. The van der Waals surface area contributed by atoms with E-state index in [-0.39, 0.29) is 12.4 Å². The first-order valence-electron chi connectivity index (χ1n) is 5.94. The maximum absolute atomic E-state index is 10.0. The van der Waals surface area contributed by atoms with Gasteiger partial charge in [0.1, 0.15) is 18.5 Å². The summed E-state index contributed by atoms with van der Waals surface area (Å²) in [6.45, 7) is 0.0396. The summed E-state index contributed by atoms with van der Waals surface area (Å²) in [5.41, 5.74) is 0.442. The largest absolute Gasteiger partial charge is 0.508 e. The zero-order chi connectivity index (χ0) is 13.7. The molecule has 0 saturated carbocycles. The number of para-hydroxylation sites is 3. The molecule has 1 unspecified atom stereocenters. The first-order valence-corrected chi connectivity index (χ1v) is 5.94. The Bertz CT molecular complexity index is 539. The Morgan fingerprint density at radius 1 is 1.00 bits per heavy atom. The predicted molar refractivity (Wildman–Crippen MR) is 71.6 cm³/mol. The molecule has 0 fully saturated rings. The summed E-state index contributed by atoms with van der Waals surface area (Å²) >= 11 is 0. The van der Waals surface area contributed by atoms with Crippen molar-refractivity contribution in [3.63, 3.8) is 0 Å². The fourth-order valence-electron chi connectivity index (χ4n) is 1.77. The average molecular weight is 260 g/mol. The average Bonchev–Trinajstić information content (AvgIpc) is 2.45. The van der Waals surface area contributed by atoms with E-state index in [2.05, 4.69) is 0 Å². The second kappa shape index (κ2) is 6.11. The summed E-state index contributed by atoms with van der Waals surface area (Å²) in [5, 5.41) is 19.6. The molecule has 0 spiro atoms. The van der Waals surface area contributed by atoms with E-state index in [1.165, 1.54) is 6.07 Å². The van der Waals surface area contributed by atoms with Crippen molar-refractivity contribution in [1.82, 2.24) is 0 Å². The van der Waals surface area contributed by atoms with Crippen LogP contribution in [-0.2, 0) is 0 Å². The Morgan fingerprint density at radius 3 is 2.32 bits per heavy atom. The van der Waals surface area contributed by atoms with Gasteiger partial charge in [-0.3, -0.25) is 0 Å². The van der Waals surface area contributed by atoms with Crippen LogP contribution in [0.1, 0.15) is 11.7 Å². The SMILES string of the molecule is COc1ccccc1OCC(O)c1ccccc1O. The number of rotatable bonds is 5. The van der Waals surface area contributed by atoms with E-state index in [0.29, 0.717) is 17.1 Å². The summed E-state index contributed by atoms with van der Waals surface area (Å²) in [5.74, 6) is 1.21. The maximum Gasteiger partial charge on any atom is 0.161 e. The lowest BCUT2D eigenvalue weighted by Crippen LogP contribution is -2.10. The highest BCUT2D eigenvalue weighted by molar-refractivity contribution is 5.39. The standard InChI is InChI=1S/C15H16O4/c1-18-14-8-4-5-9-15(14)19-10-13(17)11-6-2-3-7-12(11)16/h2-9,13,16-17H,10H2,1H3. The van der Waals surface area contributed by atoms with Crippen LogP contribution in [-0.4, -0.2) is 23.9 Å². The van der Waals surface area contributed by atoms with Crippen LogP contribution in [0.3, 0.4) is 0 Å². The normalized spacial score (nSPS) is 11.9. The highest BCUT2D eigenvalue weighted by Crippen LogP contribution is 2.28. The molecular weight excluding hydrogens is 244 g/mol. The first-order chi connectivity index (χ1) is 9.22. The number of aliphatic hydroxyl groups is 1. The summed E-state index contributed by atoms with van der Waals surface area (Å²) in [6.07, 6.45) is -0.897. The van der Waals surface area contributed by atoms with Crippen LogP contribution >= 0.6 is 0 Å². The van der Waals surface area contributed by atoms with Crippen molar-refractivity contribution in [3.05, 3.63) is 54.1 Å². The van der Waals surface area contributed by atoms with Gasteiger partial charge in [0.25, 0.3) is 0 Å². The van der Waals surface area contributed by atoms with Crippen molar-refractivity contribution < 1.29 is 19.7 Å². The van der Waals surface area contributed by atoms with Gasteiger partial charge in [-0.2, -0.15) is 0 Å². The molecule has 0 aromatic heterocycles. The lowest BCUT2D eigenvalue weighted by Gasteiger charge is -2.15. The van der Waals surface area contributed by atoms with Crippen LogP contribution in [0.5, 0.6) is 17.2 Å². The molecule has 100 valence electrons. The predicted octanol–water partition coefficient (Wildman–Crippen LogP) is 2.51. The Hall–Kier alpha value is -2.20. The Morgan fingerprint density at radius 2 is 1.63 bits per heavy atom. The van der Waals surface area contributed by atoms with Crippen molar-refractivity contribution in [3.8, 4) is 17.2 Å². The van der Waals surface area contributed by atoms with Crippen molar-refractivity contribution in [2.75, 3.05) is 13.7 Å². The molecular formula is C15H16O4. The van der Waals surface area contributed by atoms with E-state index in [1.54, 1.807) is 37.4 Å². The van der Waals surface area contributed by atoms with E-state index >= 15 is 0 Å². The lowest BCUT2D eigenvalue weighted by molar-refractivity contribution is 0.104. The fraction of sp³-hybridized carbons (Fsp3) is 0.200. The molecule has 0 heterocycles. The van der Waals surface area contributed by atoms with E-state index in [0.717, 1.165) is 0 Å². The van der Waals surface area contributed by atoms with Gasteiger partial charge in [0.05, 0.1) is 7.11 Å². The molecule has 0 bridgehead atoms. The molecule has 0 aliphatic rings. The van der Waals surface area contributed by atoms with Crippen molar-refractivity contribution in [2.24, 2.45) is 0 Å². The van der Waals surface area contributed by atoms with Crippen LogP contribution < -0.4 is 9.47 Å². The molecule has 0 radical (unpaired) electrons. The number of ether oxygens (including phenoxy) is 2. The zero-order valence-electron chi connectivity index (χ0n) is 10.6. The zero-order valence-corrected chi connectivity index (χ0v) is 10.6. The van der Waals surface area contributed by atoms with Gasteiger partial charge in [-0.05, 0) is 18.2 Å². The summed E-state index contributed by atoms with van der Waals surface area (Å²) in [6, 6.07) is 13.8. The third-order valence-corrected chi connectivity index (χ3v) is 2.76. The topological polar surface area (TPSA) is 58.9 Å². The molecule has 2 aromatic carbocycles. The highest BCUT2D eigenvalue weighted by atomic mass is 16.5. The molecule has 0 aliphatic heterocycles. The number of phenols is 1. The smallest absolute Gasteiger partial charge is 0.161 e. The van der Waals surface area contributed by atoms with Crippen LogP contribution in [0.4, 0.5) is 0 Å². The van der Waals surface area contributed by atoms with Crippen molar-refractivity contribution in [1.29, 1.82) is 0 Å². The van der Waals surface area contributed by atoms with E-state index in [9.17, 15) is 10.2 Å². The third-order valence-electron chi connectivity index (χ3n) is 2.76. The van der Waals surface area contributed by atoms with Crippen molar-refractivity contribution in [2.45, 2.75) is 6.10 Å². The minimum Gasteiger partial charge on any atom is -0.508 e. The number of methoxy groups -OCH3 is 1. The quantitative estimate of drug-likeness (QED) is 0.867. The van der Waals surface area contributed by atoms with Crippen LogP contribution in [0.15, 0.2) is 48.5 Å². The van der Waals surface area contributed by atoms with E-state index in [4.69, 9.17) is 9.47 Å². The summed E-state index contributed by atoms with van der Waals surface area (Å²) in [4.78, 5) is 0. The molecule has 4 heteroatoms. The fourth-order valence-corrected chi connectivity index (χ4v) is 1.77. The molecule has 1 atom stereocenters. The molecule has 0 saturated heterocycles. The molecule has 4 nitrogen and oxygen atoms in total. The number of phenolic OH excluding ortho intramolecular Hbond substituents is 1. The Balaban J connectivity index is 2.04. The van der Waals surface area contributed by atoms with Crippen LogP contribution in [0, 0.1) is 0 Å². The molecule has 0 aliphatic carbocycles. The molecule has 19 heavy (non-hydrogen) atoms. The highest BCUT2D eigenvalue weighted by Gasteiger charge is 2.13. The Labute approximate surface area is 111 Å². The molecule has 2 rings (SSSR count). The number of aromatic hydroxyl groups is 1. The monoisotopic (exact) mass is 260 g/mol. The van der Waals surface area contributed by atoms with Gasteiger partial charge in [0.2, 0.25) is 0 Å². The molecule has 0 amide bonds. The van der Waals surface area contributed by atoms with Gasteiger partial charge in [-0.1, -0.05) is 30.3 Å². The maximum atomic E-state index is 10.0. The first kappa shape index (κ1) is 13.2. The second-order valence-electron chi connectivity index (χ2n) is 4.04. The minimum atomic E-state index is -0.897. The van der Waals surface area contributed by atoms with Crippen LogP contribution in [0.2, 0.25) is 0 Å². The molecule has 2 aromatic rings.